The van der Waals surface area contributed by atoms with Crippen LogP contribution in [-0.4, -0.2) is 25.0 Å². The zero-order valence-corrected chi connectivity index (χ0v) is 13.8. The zero-order valence-electron chi connectivity index (χ0n) is 13.8. The Morgan fingerprint density at radius 2 is 1.67 bits per heavy atom. The van der Waals surface area contributed by atoms with Crippen LogP contribution >= 0.6 is 0 Å². The molecule has 126 valence electrons. The van der Waals surface area contributed by atoms with Crippen molar-refractivity contribution in [2.24, 2.45) is 0 Å². The van der Waals surface area contributed by atoms with Gasteiger partial charge in [0.25, 0.3) is 11.8 Å². The van der Waals surface area contributed by atoms with Gasteiger partial charge in [-0.15, -0.1) is 0 Å². The average molecular weight is 328 g/mol. The molecule has 0 aliphatic heterocycles. The summed E-state index contributed by atoms with van der Waals surface area (Å²) in [5.74, 6) is 0.0784. The van der Waals surface area contributed by atoms with Crippen LogP contribution in [-0.2, 0) is 4.79 Å². The highest BCUT2D eigenvalue weighted by Crippen LogP contribution is 2.16. The van der Waals surface area contributed by atoms with Crippen molar-refractivity contribution in [2.75, 3.05) is 7.11 Å². The molecule has 6 heteroatoms. The van der Waals surface area contributed by atoms with Gasteiger partial charge in [-0.1, -0.05) is 29.8 Å². The molecule has 1 atom stereocenters. The number of amides is 2. The fourth-order valence-electron chi connectivity index (χ4n) is 1.99. The Labute approximate surface area is 140 Å². The van der Waals surface area contributed by atoms with Crippen LogP contribution in [0.3, 0.4) is 0 Å². The lowest BCUT2D eigenvalue weighted by Crippen LogP contribution is -2.47. The Hall–Kier alpha value is -3.02. The maximum Gasteiger partial charge on any atom is 0.279 e. The zero-order chi connectivity index (χ0) is 17.5. The highest BCUT2D eigenvalue weighted by atomic mass is 16.5. The van der Waals surface area contributed by atoms with Gasteiger partial charge in [0.05, 0.1) is 12.7 Å². The Morgan fingerprint density at radius 1 is 1.00 bits per heavy atom. The molecule has 0 saturated heterocycles. The van der Waals surface area contributed by atoms with E-state index in [4.69, 9.17) is 9.47 Å². The van der Waals surface area contributed by atoms with Crippen LogP contribution in [0.5, 0.6) is 11.5 Å². The number of benzene rings is 2. The molecule has 2 amide bonds. The number of aryl methyl sites for hydroxylation is 1. The fraction of sp³-hybridized carbons (Fsp3) is 0.222. The molecule has 0 fully saturated rings. The molecule has 0 aromatic heterocycles. The number of ether oxygens (including phenoxy) is 2. The van der Waals surface area contributed by atoms with Crippen molar-refractivity contribution in [1.82, 2.24) is 10.9 Å². The van der Waals surface area contributed by atoms with E-state index in [0.717, 1.165) is 5.56 Å². The highest BCUT2D eigenvalue weighted by Gasteiger charge is 2.17. The molecule has 0 heterocycles. The molecular formula is C18H20N2O4. The van der Waals surface area contributed by atoms with E-state index < -0.39 is 17.9 Å². The minimum Gasteiger partial charge on any atom is -0.496 e. The first-order chi connectivity index (χ1) is 11.5. The minimum atomic E-state index is -0.759. The van der Waals surface area contributed by atoms with E-state index >= 15 is 0 Å². The molecule has 0 radical (unpaired) electrons. The van der Waals surface area contributed by atoms with E-state index in [-0.39, 0.29) is 0 Å². The lowest BCUT2D eigenvalue weighted by molar-refractivity contribution is -0.128. The summed E-state index contributed by atoms with van der Waals surface area (Å²) in [4.78, 5) is 24.1. The third kappa shape index (κ3) is 4.49. The predicted octanol–water partition coefficient (Wildman–Crippen LogP) is 2.23. The quantitative estimate of drug-likeness (QED) is 0.825. The number of hydrazine groups is 1. The van der Waals surface area contributed by atoms with Crippen molar-refractivity contribution < 1.29 is 19.1 Å². The molecular weight excluding hydrogens is 308 g/mol. The molecule has 0 bridgehead atoms. The highest BCUT2D eigenvalue weighted by molar-refractivity contribution is 5.98. The van der Waals surface area contributed by atoms with Gasteiger partial charge < -0.3 is 9.47 Å². The summed E-state index contributed by atoms with van der Waals surface area (Å²) in [6.45, 7) is 3.57. The van der Waals surface area contributed by atoms with Gasteiger partial charge in [-0.3, -0.25) is 20.4 Å². The van der Waals surface area contributed by atoms with Crippen LogP contribution in [0.1, 0.15) is 22.8 Å². The van der Waals surface area contributed by atoms with E-state index in [1.807, 2.05) is 19.1 Å². The van der Waals surface area contributed by atoms with Gasteiger partial charge in [0.15, 0.2) is 6.10 Å². The molecule has 2 aromatic rings. The first-order valence-corrected chi connectivity index (χ1v) is 7.48. The van der Waals surface area contributed by atoms with Gasteiger partial charge in [0, 0.05) is 0 Å². The van der Waals surface area contributed by atoms with Crippen LogP contribution in [0, 0.1) is 6.92 Å². The van der Waals surface area contributed by atoms with Crippen molar-refractivity contribution in [2.45, 2.75) is 20.0 Å². The normalized spacial score (nSPS) is 11.3. The van der Waals surface area contributed by atoms with Gasteiger partial charge in [0.1, 0.15) is 11.5 Å². The van der Waals surface area contributed by atoms with Crippen LogP contribution in [0.4, 0.5) is 0 Å². The lowest BCUT2D eigenvalue weighted by Gasteiger charge is -2.15. The van der Waals surface area contributed by atoms with E-state index in [2.05, 4.69) is 10.9 Å². The summed E-state index contributed by atoms with van der Waals surface area (Å²) >= 11 is 0. The maximum absolute atomic E-state index is 12.1. The SMILES string of the molecule is COc1ccccc1C(=O)NNC(=O)C(C)Oc1ccc(C)cc1. The van der Waals surface area contributed by atoms with Crippen LogP contribution in [0.25, 0.3) is 0 Å². The Balaban J connectivity index is 1.90. The lowest BCUT2D eigenvalue weighted by atomic mass is 10.2. The fourth-order valence-corrected chi connectivity index (χ4v) is 1.99. The third-order valence-corrected chi connectivity index (χ3v) is 3.35. The van der Waals surface area contributed by atoms with Gasteiger partial charge in [-0.2, -0.15) is 0 Å². The monoisotopic (exact) mass is 328 g/mol. The molecule has 2 rings (SSSR count). The first-order valence-electron chi connectivity index (χ1n) is 7.48. The Morgan fingerprint density at radius 3 is 2.33 bits per heavy atom. The van der Waals surface area contributed by atoms with Crippen LogP contribution in [0.2, 0.25) is 0 Å². The molecule has 24 heavy (non-hydrogen) atoms. The largest absolute Gasteiger partial charge is 0.496 e. The number of para-hydroxylation sites is 1. The molecule has 1 unspecified atom stereocenters. The van der Waals surface area contributed by atoms with Gasteiger partial charge in [-0.25, -0.2) is 0 Å². The predicted molar refractivity (Wildman–Crippen MR) is 89.9 cm³/mol. The molecule has 0 saturated carbocycles. The second kappa shape index (κ2) is 8.01. The van der Waals surface area contributed by atoms with Crippen molar-refractivity contribution in [3.8, 4) is 11.5 Å². The summed E-state index contributed by atoms with van der Waals surface area (Å²) in [7, 11) is 1.47. The summed E-state index contributed by atoms with van der Waals surface area (Å²) < 4.78 is 10.6. The van der Waals surface area contributed by atoms with Crippen molar-refractivity contribution in [3.05, 3.63) is 59.7 Å². The summed E-state index contributed by atoms with van der Waals surface area (Å²) in [6.07, 6.45) is -0.759. The molecule has 0 aliphatic carbocycles. The standard InChI is InChI=1S/C18H20N2O4/c1-12-8-10-14(11-9-12)24-13(2)17(21)19-20-18(22)15-6-4-5-7-16(15)23-3/h4-11,13H,1-3H3,(H,19,21)(H,20,22). The van der Waals surface area contributed by atoms with E-state index in [0.29, 0.717) is 17.1 Å². The number of hydrogen-bond donors (Lipinski definition) is 2. The second-order valence-electron chi connectivity index (χ2n) is 5.22. The van der Waals surface area contributed by atoms with Crippen LogP contribution < -0.4 is 20.3 Å². The summed E-state index contributed by atoms with van der Waals surface area (Å²) in [5, 5.41) is 0. The average Bonchev–Trinajstić information content (AvgIpc) is 2.61. The topological polar surface area (TPSA) is 76.7 Å². The van der Waals surface area contributed by atoms with E-state index in [1.165, 1.54) is 7.11 Å². The molecule has 2 aromatic carbocycles. The van der Waals surface area contributed by atoms with Gasteiger partial charge in [0.2, 0.25) is 0 Å². The molecule has 0 aliphatic rings. The van der Waals surface area contributed by atoms with Crippen molar-refractivity contribution in [3.63, 3.8) is 0 Å². The summed E-state index contributed by atoms with van der Waals surface area (Å²) in [5.41, 5.74) is 6.12. The number of rotatable bonds is 5. The van der Waals surface area contributed by atoms with Crippen LogP contribution in [0.15, 0.2) is 48.5 Å². The number of carbonyl (C=O) groups is 2. The Kier molecular flexibility index (Phi) is 5.78. The number of carbonyl (C=O) groups excluding carboxylic acids is 2. The van der Waals surface area contributed by atoms with E-state index in [1.54, 1.807) is 43.3 Å². The van der Waals surface area contributed by atoms with E-state index in [9.17, 15) is 9.59 Å². The number of hydrogen-bond acceptors (Lipinski definition) is 4. The van der Waals surface area contributed by atoms with Gasteiger partial charge in [-0.05, 0) is 38.1 Å². The number of methoxy groups -OCH3 is 1. The molecule has 0 spiro atoms. The molecule has 2 N–H and O–H groups in total. The smallest absolute Gasteiger partial charge is 0.279 e. The van der Waals surface area contributed by atoms with Crippen molar-refractivity contribution >= 4 is 11.8 Å². The second-order valence-corrected chi connectivity index (χ2v) is 5.22. The van der Waals surface area contributed by atoms with Crippen molar-refractivity contribution in [1.29, 1.82) is 0 Å². The van der Waals surface area contributed by atoms with Gasteiger partial charge >= 0.3 is 0 Å². The Bertz CT molecular complexity index is 713. The first kappa shape index (κ1) is 17.3. The molecule has 6 nitrogen and oxygen atoms in total. The third-order valence-electron chi connectivity index (χ3n) is 3.35. The minimum absolute atomic E-state index is 0.326. The summed E-state index contributed by atoms with van der Waals surface area (Å²) in [6, 6.07) is 14.1. The maximum atomic E-state index is 12.1. The number of nitrogens with one attached hydrogen (secondary N) is 2.